The monoisotopic (exact) mass is 463 g/mol. The molecule has 174 valence electrons. The number of amides is 2. The highest BCUT2D eigenvalue weighted by Crippen LogP contribution is 2.18. The average molecular weight is 464 g/mol. The molecule has 0 radical (unpaired) electrons. The van der Waals surface area contributed by atoms with Crippen LogP contribution in [0.1, 0.15) is 32.3 Å². The number of carbonyl (C=O) groups excluding carboxylic acids is 2. The van der Waals surface area contributed by atoms with Crippen LogP contribution in [0.5, 0.6) is 0 Å². The predicted molar refractivity (Wildman–Crippen MR) is 123 cm³/mol. The Bertz CT molecular complexity index is 998. The van der Waals surface area contributed by atoms with Crippen LogP contribution in [0.3, 0.4) is 0 Å². The summed E-state index contributed by atoms with van der Waals surface area (Å²) in [6.45, 7) is 3.65. The van der Waals surface area contributed by atoms with E-state index in [9.17, 15) is 22.4 Å². The van der Waals surface area contributed by atoms with Gasteiger partial charge in [0.2, 0.25) is 21.8 Å². The molecule has 0 aliphatic carbocycles. The van der Waals surface area contributed by atoms with Crippen LogP contribution in [0.15, 0.2) is 54.6 Å². The van der Waals surface area contributed by atoms with Gasteiger partial charge in [0.15, 0.2) is 0 Å². The van der Waals surface area contributed by atoms with Crippen LogP contribution < -0.4 is 9.62 Å². The van der Waals surface area contributed by atoms with Crippen LogP contribution in [-0.4, -0.2) is 50.5 Å². The van der Waals surface area contributed by atoms with Gasteiger partial charge in [-0.15, -0.1) is 0 Å². The Labute approximate surface area is 189 Å². The number of anilines is 1. The average Bonchev–Trinajstić information content (AvgIpc) is 2.76. The van der Waals surface area contributed by atoms with Crippen molar-refractivity contribution in [3.63, 3.8) is 0 Å². The maximum absolute atomic E-state index is 13.3. The lowest BCUT2D eigenvalue weighted by atomic mass is 10.1. The van der Waals surface area contributed by atoms with Crippen molar-refractivity contribution in [2.75, 3.05) is 23.7 Å². The number of nitrogens with zero attached hydrogens (tertiary/aromatic N) is 2. The van der Waals surface area contributed by atoms with E-state index in [1.54, 1.807) is 37.3 Å². The van der Waals surface area contributed by atoms with Crippen LogP contribution >= 0.6 is 0 Å². The van der Waals surface area contributed by atoms with E-state index in [2.05, 4.69) is 5.32 Å². The first-order chi connectivity index (χ1) is 15.1. The first kappa shape index (κ1) is 25.3. The normalized spacial score (nSPS) is 12.1. The van der Waals surface area contributed by atoms with Crippen LogP contribution in [-0.2, 0) is 26.2 Å². The second-order valence-corrected chi connectivity index (χ2v) is 9.48. The van der Waals surface area contributed by atoms with Gasteiger partial charge in [-0.1, -0.05) is 43.7 Å². The number of rotatable bonds is 11. The number of hydrogen-bond donors (Lipinski definition) is 1. The fraction of sp³-hybridized carbons (Fsp3) is 0.391. The molecular weight excluding hydrogens is 433 g/mol. The molecule has 1 atom stereocenters. The fourth-order valence-electron chi connectivity index (χ4n) is 3.11. The number of nitrogens with one attached hydrogen (secondary N) is 1. The lowest BCUT2D eigenvalue weighted by molar-refractivity contribution is -0.139. The summed E-state index contributed by atoms with van der Waals surface area (Å²) in [5.74, 6) is -1.29. The summed E-state index contributed by atoms with van der Waals surface area (Å²) in [6, 6.07) is 13.1. The van der Waals surface area contributed by atoms with Gasteiger partial charge in [0.25, 0.3) is 0 Å². The minimum absolute atomic E-state index is 0.0356. The number of benzene rings is 2. The molecule has 1 unspecified atom stereocenters. The summed E-state index contributed by atoms with van der Waals surface area (Å²) in [7, 11) is -3.75. The molecular formula is C23H30FN3O4S. The van der Waals surface area contributed by atoms with Gasteiger partial charge in [-0.3, -0.25) is 13.9 Å². The number of hydrogen-bond acceptors (Lipinski definition) is 4. The van der Waals surface area contributed by atoms with Crippen molar-refractivity contribution in [1.29, 1.82) is 0 Å². The molecule has 0 bridgehead atoms. The van der Waals surface area contributed by atoms with E-state index in [0.29, 0.717) is 17.8 Å². The first-order valence-corrected chi connectivity index (χ1v) is 12.3. The molecule has 0 aliphatic rings. The summed E-state index contributed by atoms with van der Waals surface area (Å²) in [4.78, 5) is 27.3. The Balaban J connectivity index is 2.30. The van der Waals surface area contributed by atoms with Crippen LogP contribution in [0.25, 0.3) is 0 Å². The van der Waals surface area contributed by atoms with Gasteiger partial charge in [0, 0.05) is 13.1 Å². The zero-order chi connectivity index (χ0) is 23.7. The molecule has 0 aromatic heterocycles. The Hall–Kier alpha value is -2.94. The largest absolute Gasteiger partial charge is 0.354 e. The quantitative estimate of drug-likeness (QED) is 0.519. The van der Waals surface area contributed by atoms with E-state index >= 15 is 0 Å². The second kappa shape index (κ2) is 11.6. The lowest BCUT2D eigenvalue weighted by Gasteiger charge is -2.31. The van der Waals surface area contributed by atoms with Crippen molar-refractivity contribution >= 4 is 27.5 Å². The number of halogens is 1. The number of carbonyl (C=O) groups is 2. The molecule has 2 rings (SSSR count). The predicted octanol–water partition coefficient (Wildman–Crippen LogP) is 2.93. The summed E-state index contributed by atoms with van der Waals surface area (Å²) >= 11 is 0. The minimum Gasteiger partial charge on any atom is -0.354 e. The SMILES string of the molecule is CCCCNC(=O)C(C)N(Cc1ccc(F)cc1)C(=O)CN(c1ccccc1)S(C)(=O)=O. The van der Waals surface area contributed by atoms with Crippen molar-refractivity contribution in [3.8, 4) is 0 Å². The van der Waals surface area contributed by atoms with Crippen LogP contribution in [0.2, 0.25) is 0 Å². The maximum Gasteiger partial charge on any atom is 0.244 e. The first-order valence-electron chi connectivity index (χ1n) is 10.5. The smallest absolute Gasteiger partial charge is 0.244 e. The molecule has 0 saturated carbocycles. The Morgan fingerprint density at radius 3 is 2.25 bits per heavy atom. The lowest BCUT2D eigenvalue weighted by Crippen LogP contribution is -2.51. The molecule has 2 aromatic carbocycles. The molecule has 0 saturated heterocycles. The van der Waals surface area contributed by atoms with Crippen molar-refractivity contribution in [3.05, 3.63) is 66.0 Å². The van der Waals surface area contributed by atoms with E-state index < -0.39 is 34.3 Å². The standard InChI is InChI=1S/C23H30FN3O4S/c1-4-5-15-25-23(29)18(2)26(16-19-11-13-20(24)14-12-19)22(28)17-27(32(3,30)31)21-9-7-6-8-10-21/h6-14,18H,4-5,15-17H2,1-3H3,(H,25,29). The van der Waals surface area contributed by atoms with Gasteiger partial charge in [-0.05, 0) is 43.2 Å². The van der Waals surface area contributed by atoms with E-state index in [0.717, 1.165) is 23.4 Å². The summed E-state index contributed by atoms with van der Waals surface area (Å²) in [5.41, 5.74) is 0.976. The van der Waals surface area contributed by atoms with E-state index in [1.807, 2.05) is 6.92 Å². The van der Waals surface area contributed by atoms with Gasteiger partial charge >= 0.3 is 0 Å². The molecule has 9 heteroatoms. The summed E-state index contributed by atoms with van der Waals surface area (Å²) < 4.78 is 39.1. The summed E-state index contributed by atoms with van der Waals surface area (Å²) in [5, 5.41) is 2.80. The zero-order valence-electron chi connectivity index (χ0n) is 18.6. The van der Waals surface area contributed by atoms with E-state index in [4.69, 9.17) is 0 Å². The molecule has 0 spiro atoms. The molecule has 2 aromatic rings. The van der Waals surface area contributed by atoms with Crippen molar-refractivity contribution < 1.29 is 22.4 Å². The van der Waals surface area contributed by atoms with Gasteiger partial charge < -0.3 is 10.2 Å². The number of unbranched alkanes of at least 4 members (excludes halogenated alkanes) is 1. The number of sulfonamides is 1. The topological polar surface area (TPSA) is 86.8 Å². The second-order valence-electron chi connectivity index (χ2n) is 7.57. The third-order valence-corrected chi connectivity index (χ3v) is 6.13. The Morgan fingerprint density at radius 2 is 1.69 bits per heavy atom. The van der Waals surface area contributed by atoms with Crippen molar-refractivity contribution in [2.45, 2.75) is 39.3 Å². The highest BCUT2D eigenvalue weighted by Gasteiger charge is 2.29. The van der Waals surface area contributed by atoms with Gasteiger partial charge in [0.05, 0.1) is 11.9 Å². The Morgan fingerprint density at radius 1 is 1.06 bits per heavy atom. The maximum atomic E-state index is 13.3. The molecule has 0 aliphatic heterocycles. The molecule has 2 amide bonds. The molecule has 1 N–H and O–H groups in total. The van der Waals surface area contributed by atoms with Crippen molar-refractivity contribution in [1.82, 2.24) is 10.2 Å². The fourth-order valence-corrected chi connectivity index (χ4v) is 3.96. The molecule has 7 nitrogen and oxygen atoms in total. The van der Waals surface area contributed by atoms with Crippen LogP contribution in [0.4, 0.5) is 10.1 Å². The highest BCUT2D eigenvalue weighted by atomic mass is 32.2. The zero-order valence-corrected chi connectivity index (χ0v) is 19.4. The van der Waals surface area contributed by atoms with Crippen LogP contribution in [0, 0.1) is 5.82 Å². The third-order valence-electron chi connectivity index (χ3n) is 4.99. The number of para-hydroxylation sites is 1. The Kier molecular flexibility index (Phi) is 9.19. The molecule has 32 heavy (non-hydrogen) atoms. The van der Waals surface area contributed by atoms with Crippen molar-refractivity contribution in [2.24, 2.45) is 0 Å². The minimum atomic E-state index is -3.75. The molecule has 0 fully saturated rings. The molecule has 0 heterocycles. The van der Waals surface area contributed by atoms with Gasteiger partial charge in [-0.25, -0.2) is 12.8 Å². The third kappa shape index (κ3) is 7.33. The van der Waals surface area contributed by atoms with Gasteiger partial charge in [-0.2, -0.15) is 0 Å². The van der Waals surface area contributed by atoms with E-state index in [-0.39, 0.29) is 12.5 Å². The highest BCUT2D eigenvalue weighted by molar-refractivity contribution is 7.92. The van der Waals surface area contributed by atoms with E-state index in [1.165, 1.54) is 29.2 Å². The van der Waals surface area contributed by atoms with Gasteiger partial charge in [0.1, 0.15) is 18.4 Å². The summed E-state index contributed by atoms with van der Waals surface area (Å²) in [6.07, 6.45) is 2.74.